The average Bonchev–Trinajstić information content (AvgIpc) is 3.10. The van der Waals surface area contributed by atoms with Crippen molar-refractivity contribution in [2.45, 2.75) is 37.4 Å². The van der Waals surface area contributed by atoms with E-state index in [9.17, 15) is 5.11 Å². The number of rotatable bonds is 4. The maximum absolute atomic E-state index is 10.5. The summed E-state index contributed by atoms with van der Waals surface area (Å²) in [7, 11) is 0. The fourth-order valence-corrected chi connectivity index (χ4v) is 2.87. The van der Waals surface area contributed by atoms with Crippen LogP contribution in [0.3, 0.4) is 0 Å². The van der Waals surface area contributed by atoms with Gasteiger partial charge in [0.15, 0.2) is 5.60 Å². The average molecular weight is 283 g/mol. The third-order valence-electron chi connectivity index (χ3n) is 4.09. The molecule has 0 aliphatic carbocycles. The summed E-state index contributed by atoms with van der Waals surface area (Å²) in [5.41, 5.74) is -1.60. The maximum atomic E-state index is 10.5. The van der Waals surface area contributed by atoms with Gasteiger partial charge in [0, 0.05) is 39.2 Å². The Kier molecular flexibility index (Phi) is 3.76. The number of hydrogen-bond acceptors (Lipinski definition) is 7. The van der Waals surface area contributed by atoms with Gasteiger partial charge in [-0.05, 0) is 19.9 Å². The molecule has 0 amide bonds. The van der Waals surface area contributed by atoms with Crippen molar-refractivity contribution in [1.82, 2.24) is 15.5 Å². The highest BCUT2D eigenvalue weighted by Crippen LogP contribution is 2.36. The zero-order valence-electron chi connectivity index (χ0n) is 11.7. The molecule has 2 aliphatic rings. The predicted octanol–water partition coefficient (Wildman–Crippen LogP) is 0.293. The zero-order valence-corrected chi connectivity index (χ0v) is 11.7. The zero-order chi connectivity index (χ0) is 14.1. The van der Waals surface area contributed by atoms with Crippen LogP contribution in [0.1, 0.15) is 37.9 Å². The van der Waals surface area contributed by atoms with E-state index in [1.165, 1.54) is 0 Å². The molecule has 0 bridgehead atoms. The van der Waals surface area contributed by atoms with Gasteiger partial charge >= 0.3 is 0 Å². The van der Waals surface area contributed by atoms with Crippen LogP contribution in [0, 0.1) is 0 Å². The van der Waals surface area contributed by atoms with E-state index in [-0.39, 0.29) is 5.89 Å². The van der Waals surface area contributed by atoms with Crippen molar-refractivity contribution >= 4 is 0 Å². The molecule has 1 unspecified atom stereocenters. The Balaban J connectivity index is 1.87. The molecule has 2 fully saturated rings. The van der Waals surface area contributed by atoms with E-state index in [2.05, 4.69) is 15.5 Å². The van der Waals surface area contributed by atoms with Crippen LogP contribution >= 0.6 is 0 Å². The second-order valence-electron chi connectivity index (χ2n) is 5.42. The van der Waals surface area contributed by atoms with Gasteiger partial charge < -0.3 is 24.4 Å². The summed E-state index contributed by atoms with van der Waals surface area (Å²) in [6.45, 7) is 4.96. The first-order valence-electron chi connectivity index (χ1n) is 7.18. The summed E-state index contributed by atoms with van der Waals surface area (Å²) >= 11 is 0. The van der Waals surface area contributed by atoms with E-state index in [1.54, 1.807) is 0 Å². The third kappa shape index (κ3) is 2.35. The lowest BCUT2D eigenvalue weighted by Crippen LogP contribution is -2.38. The molecule has 1 aromatic rings. The number of aliphatic hydroxyl groups is 1. The van der Waals surface area contributed by atoms with Crippen LogP contribution in [-0.2, 0) is 20.7 Å². The van der Waals surface area contributed by atoms with E-state index < -0.39 is 11.2 Å². The largest absolute Gasteiger partial charge is 0.381 e. The number of aromatic nitrogens is 2. The highest BCUT2D eigenvalue weighted by Gasteiger charge is 2.44. The van der Waals surface area contributed by atoms with Crippen molar-refractivity contribution in [1.29, 1.82) is 0 Å². The van der Waals surface area contributed by atoms with E-state index in [0.717, 1.165) is 6.54 Å². The smallest absolute Gasteiger partial charge is 0.260 e. The lowest BCUT2D eigenvalue weighted by Gasteiger charge is -2.33. The Bertz CT molecular complexity index is 445. The highest BCUT2D eigenvalue weighted by molar-refractivity contribution is 5.09. The van der Waals surface area contributed by atoms with Gasteiger partial charge in [-0.3, -0.25) is 0 Å². The van der Waals surface area contributed by atoms with Crippen LogP contribution in [0.4, 0.5) is 0 Å². The minimum absolute atomic E-state index is 0.281. The molecule has 7 heteroatoms. The molecule has 1 aromatic heterocycles. The van der Waals surface area contributed by atoms with Gasteiger partial charge in [0.1, 0.15) is 5.60 Å². The van der Waals surface area contributed by atoms with Crippen molar-refractivity contribution in [3.05, 3.63) is 11.7 Å². The number of hydrogen-bond donors (Lipinski definition) is 2. The fourth-order valence-electron chi connectivity index (χ4n) is 2.87. The molecule has 112 valence electrons. The van der Waals surface area contributed by atoms with E-state index in [1.807, 2.05) is 6.92 Å². The normalized spacial score (nSPS) is 29.7. The number of nitrogens with one attached hydrogen (secondary N) is 1. The molecule has 0 spiro atoms. The van der Waals surface area contributed by atoms with Crippen molar-refractivity contribution in [2.75, 3.05) is 32.9 Å². The van der Waals surface area contributed by atoms with Crippen LogP contribution < -0.4 is 5.32 Å². The molecule has 7 nitrogen and oxygen atoms in total. The first-order valence-corrected chi connectivity index (χ1v) is 7.18. The second-order valence-corrected chi connectivity index (χ2v) is 5.42. The summed E-state index contributed by atoms with van der Waals surface area (Å²) in [6.07, 6.45) is 1.99. The molecule has 2 N–H and O–H groups in total. The predicted molar refractivity (Wildman–Crippen MR) is 69.0 cm³/mol. The molecular formula is C13H21N3O4. The second kappa shape index (κ2) is 5.40. The number of nitrogens with zero attached hydrogens (tertiary/aromatic N) is 2. The van der Waals surface area contributed by atoms with Crippen molar-refractivity contribution in [3.63, 3.8) is 0 Å². The Labute approximate surface area is 117 Å². The topological polar surface area (TPSA) is 89.6 Å². The molecule has 0 aromatic carbocycles. The van der Waals surface area contributed by atoms with Gasteiger partial charge in [-0.15, -0.1) is 0 Å². The van der Waals surface area contributed by atoms with Gasteiger partial charge in [0.05, 0.1) is 0 Å². The van der Waals surface area contributed by atoms with Crippen molar-refractivity contribution < 1.29 is 19.1 Å². The number of β-amino-alcohol motifs (C(OH)–C–C–N with tert-alkyl or cyclic N) is 1. The molecule has 2 aliphatic heterocycles. The quantitative estimate of drug-likeness (QED) is 0.821. The monoisotopic (exact) mass is 283 g/mol. The summed E-state index contributed by atoms with van der Waals surface area (Å²) in [5, 5.41) is 17.6. The van der Waals surface area contributed by atoms with Gasteiger partial charge in [0.2, 0.25) is 5.82 Å². The van der Waals surface area contributed by atoms with Crippen LogP contribution in [0.15, 0.2) is 4.52 Å². The minimum Gasteiger partial charge on any atom is -0.381 e. The van der Waals surface area contributed by atoms with Crippen molar-refractivity contribution in [2.24, 2.45) is 0 Å². The molecule has 3 heterocycles. The summed E-state index contributed by atoms with van der Waals surface area (Å²) in [5.74, 6) is 0.807. The molecule has 2 saturated heterocycles. The van der Waals surface area contributed by atoms with E-state index >= 15 is 0 Å². The molecule has 20 heavy (non-hydrogen) atoms. The van der Waals surface area contributed by atoms with Gasteiger partial charge in [-0.1, -0.05) is 5.16 Å². The highest BCUT2D eigenvalue weighted by atomic mass is 16.5. The first-order chi connectivity index (χ1) is 9.69. The van der Waals surface area contributed by atoms with Gasteiger partial charge in [-0.25, -0.2) is 0 Å². The molecule has 0 saturated carbocycles. The maximum Gasteiger partial charge on any atom is 0.260 e. The molecule has 1 atom stereocenters. The molecule has 3 rings (SSSR count). The van der Waals surface area contributed by atoms with Gasteiger partial charge in [-0.2, -0.15) is 4.98 Å². The molecule has 0 radical (unpaired) electrons. The fraction of sp³-hybridized carbons (Fsp3) is 0.846. The summed E-state index contributed by atoms with van der Waals surface area (Å²) in [6, 6.07) is 0. The lowest BCUT2D eigenvalue weighted by atomic mass is 9.93. The van der Waals surface area contributed by atoms with E-state index in [0.29, 0.717) is 51.5 Å². The number of ether oxygens (including phenoxy) is 2. The van der Waals surface area contributed by atoms with Crippen LogP contribution in [0.25, 0.3) is 0 Å². The Hall–Kier alpha value is -1.02. The Morgan fingerprint density at radius 1 is 1.35 bits per heavy atom. The lowest BCUT2D eigenvalue weighted by molar-refractivity contribution is -0.118. The minimum atomic E-state index is -1.05. The first kappa shape index (κ1) is 13.9. The SMILES string of the molecule is CCOC1(c2noc(C3(O)CCNC3)n2)CCOCC1. The summed E-state index contributed by atoms with van der Waals surface area (Å²) in [4.78, 5) is 4.43. The Morgan fingerprint density at radius 2 is 2.15 bits per heavy atom. The third-order valence-corrected chi connectivity index (χ3v) is 4.09. The summed E-state index contributed by atoms with van der Waals surface area (Å²) < 4.78 is 16.6. The van der Waals surface area contributed by atoms with Gasteiger partial charge in [0.25, 0.3) is 5.89 Å². The van der Waals surface area contributed by atoms with Crippen LogP contribution in [0.5, 0.6) is 0 Å². The molecular weight excluding hydrogens is 262 g/mol. The standard InChI is InChI=1S/C13H21N3O4/c1-2-19-13(4-7-18-8-5-13)10-15-11(20-16-10)12(17)3-6-14-9-12/h14,17H,2-9H2,1H3. The van der Waals surface area contributed by atoms with Crippen LogP contribution in [-0.4, -0.2) is 48.2 Å². The van der Waals surface area contributed by atoms with Crippen LogP contribution in [0.2, 0.25) is 0 Å². The van der Waals surface area contributed by atoms with E-state index in [4.69, 9.17) is 14.0 Å². The Morgan fingerprint density at radius 3 is 2.80 bits per heavy atom. The van der Waals surface area contributed by atoms with Crippen molar-refractivity contribution in [3.8, 4) is 0 Å².